The third-order valence-electron chi connectivity index (χ3n) is 1.93. The first-order valence-electron chi connectivity index (χ1n) is 4.29. The van der Waals surface area contributed by atoms with Crippen molar-refractivity contribution in [2.75, 3.05) is 0 Å². The van der Waals surface area contributed by atoms with E-state index in [0.29, 0.717) is 0 Å². The predicted octanol–water partition coefficient (Wildman–Crippen LogP) is -1.11. The van der Waals surface area contributed by atoms with Crippen LogP contribution in [0.15, 0.2) is 0 Å². The summed E-state index contributed by atoms with van der Waals surface area (Å²) in [6.07, 6.45) is 4.25. The van der Waals surface area contributed by atoms with Gasteiger partial charge in [-0.1, -0.05) is 25.7 Å². The fourth-order valence-electron chi connectivity index (χ4n) is 1.13. The minimum absolute atomic E-state index is 0. The molecule has 1 saturated carbocycles. The van der Waals surface area contributed by atoms with E-state index in [4.69, 9.17) is 31.3 Å². The molecule has 0 spiro atoms. The van der Waals surface area contributed by atoms with Gasteiger partial charge < -0.3 is 31.3 Å². The van der Waals surface area contributed by atoms with Gasteiger partial charge in [-0.3, -0.25) is 0 Å². The first-order chi connectivity index (χ1) is 6.45. The van der Waals surface area contributed by atoms with Gasteiger partial charge in [-0.05, 0) is 0 Å². The van der Waals surface area contributed by atoms with E-state index in [9.17, 15) is 0 Å². The number of rotatable bonds is 0. The summed E-state index contributed by atoms with van der Waals surface area (Å²) in [5.74, 6) is -4.37. The standard InChI is InChI=1S/C6H12N2.C2H2O4.Pt/c7-5-3-1-2-4-6(5)8;3-1(4)2(5)6;/h5-8H,1-4H2;(H,3,4)(H,5,6);/q-2;;+4/p-2/t5-,6-;;/m0../s1. The predicted molar refractivity (Wildman–Crippen MR) is 44.7 cm³/mol. The number of carbonyl (C=O) groups excluding carboxylic acids is 2. The molecular formula is C8H12N2O4Pt. The van der Waals surface area contributed by atoms with Gasteiger partial charge in [0.05, 0.1) is 11.9 Å². The summed E-state index contributed by atoms with van der Waals surface area (Å²) in [6, 6.07) is -0.160. The van der Waals surface area contributed by atoms with Crippen LogP contribution in [-0.2, 0) is 30.7 Å². The number of aliphatic carboxylic acids is 2. The number of carbonyl (C=O) groups is 2. The molecule has 88 valence electrons. The summed E-state index contributed by atoms with van der Waals surface area (Å²) in [6.45, 7) is 0. The minimum Gasteiger partial charge on any atom is -0.676 e. The van der Waals surface area contributed by atoms with E-state index in [0.717, 1.165) is 12.8 Å². The molecule has 1 rings (SSSR count). The fraction of sp³-hybridized carbons (Fsp3) is 0.750. The maximum Gasteiger partial charge on any atom is 4.00 e. The second-order valence-electron chi connectivity index (χ2n) is 3.07. The molecule has 0 aromatic heterocycles. The largest absolute Gasteiger partial charge is 4.00 e. The third kappa shape index (κ3) is 8.54. The van der Waals surface area contributed by atoms with Gasteiger partial charge in [-0.2, -0.15) is 12.1 Å². The third-order valence-corrected chi connectivity index (χ3v) is 1.93. The maximum absolute atomic E-state index is 8.93. The van der Waals surface area contributed by atoms with Crippen molar-refractivity contribution in [1.82, 2.24) is 0 Å². The fourth-order valence-corrected chi connectivity index (χ4v) is 1.13. The molecule has 0 bridgehead atoms. The Morgan fingerprint density at radius 1 is 0.933 bits per heavy atom. The quantitative estimate of drug-likeness (QED) is 0.482. The molecule has 0 unspecified atom stereocenters. The van der Waals surface area contributed by atoms with Gasteiger partial charge in [0.1, 0.15) is 0 Å². The Labute approximate surface area is 102 Å². The molecule has 0 amide bonds. The number of hydrogen-bond acceptors (Lipinski definition) is 4. The summed E-state index contributed by atoms with van der Waals surface area (Å²) in [7, 11) is 0. The molecular weight excluding hydrogens is 383 g/mol. The summed E-state index contributed by atoms with van der Waals surface area (Å²) in [5.41, 5.74) is 14.6. The van der Waals surface area contributed by atoms with E-state index in [1.165, 1.54) is 12.8 Å². The van der Waals surface area contributed by atoms with Crippen LogP contribution >= 0.6 is 0 Å². The molecule has 1 aliphatic carbocycles. The Kier molecular flexibility index (Phi) is 9.98. The molecule has 0 aliphatic heterocycles. The number of hydrogen-bond donors (Lipinski definition) is 0. The molecule has 7 heteroatoms. The van der Waals surface area contributed by atoms with Crippen molar-refractivity contribution in [2.45, 2.75) is 37.8 Å². The van der Waals surface area contributed by atoms with Gasteiger partial charge in [0.2, 0.25) is 0 Å². The van der Waals surface area contributed by atoms with Crippen molar-refractivity contribution in [3.05, 3.63) is 11.5 Å². The summed E-state index contributed by atoms with van der Waals surface area (Å²) < 4.78 is 0. The summed E-state index contributed by atoms with van der Waals surface area (Å²) in [4.78, 5) is 17.9. The monoisotopic (exact) mass is 395 g/mol. The Morgan fingerprint density at radius 2 is 1.20 bits per heavy atom. The van der Waals surface area contributed by atoms with Crippen LogP contribution in [0.4, 0.5) is 0 Å². The van der Waals surface area contributed by atoms with Crippen LogP contribution in [0.3, 0.4) is 0 Å². The van der Waals surface area contributed by atoms with Crippen molar-refractivity contribution in [3.8, 4) is 0 Å². The Hall–Kier alpha value is -0.452. The second kappa shape index (κ2) is 8.82. The van der Waals surface area contributed by atoms with E-state index in [2.05, 4.69) is 0 Å². The van der Waals surface area contributed by atoms with E-state index in [-0.39, 0.29) is 33.1 Å². The van der Waals surface area contributed by atoms with E-state index < -0.39 is 11.9 Å². The van der Waals surface area contributed by atoms with Crippen LogP contribution in [0.25, 0.3) is 11.5 Å². The first-order valence-corrected chi connectivity index (χ1v) is 4.29. The molecule has 2 atom stereocenters. The SMILES string of the molecule is O=C([O-])C(=O)[O-].[NH-][C@H]1CCCC[C@@H]1[NH-].[Pt+4]. The zero-order valence-electron chi connectivity index (χ0n) is 7.93. The molecule has 15 heavy (non-hydrogen) atoms. The van der Waals surface area contributed by atoms with Gasteiger partial charge in [0.25, 0.3) is 0 Å². The van der Waals surface area contributed by atoms with Gasteiger partial charge in [0.15, 0.2) is 0 Å². The van der Waals surface area contributed by atoms with Crippen molar-refractivity contribution in [1.29, 1.82) is 0 Å². The van der Waals surface area contributed by atoms with Crippen LogP contribution in [0.1, 0.15) is 25.7 Å². The van der Waals surface area contributed by atoms with Crippen molar-refractivity contribution in [2.24, 2.45) is 0 Å². The molecule has 1 aliphatic rings. The van der Waals surface area contributed by atoms with Crippen molar-refractivity contribution < 1.29 is 40.9 Å². The van der Waals surface area contributed by atoms with Crippen molar-refractivity contribution in [3.63, 3.8) is 0 Å². The molecule has 2 N–H and O–H groups in total. The zero-order chi connectivity index (χ0) is 11.1. The van der Waals surface area contributed by atoms with Crippen molar-refractivity contribution >= 4 is 11.9 Å². The van der Waals surface area contributed by atoms with Crippen LogP contribution in [-0.4, -0.2) is 24.0 Å². The number of carboxylic acids is 2. The van der Waals surface area contributed by atoms with Crippen LogP contribution in [0.5, 0.6) is 0 Å². The molecule has 0 aromatic rings. The maximum atomic E-state index is 8.93. The van der Waals surface area contributed by atoms with Gasteiger partial charge in [0, 0.05) is 0 Å². The van der Waals surface area contributed by atoms with E-state index >= 15 is 0 Å². The Morgan fingerprint density at radius 3 is 1.33 bits per heavy atom. The summed E-state index contributed by atoms with van der Waals surface area (Å²) in [5, 5.41) is 17.9. The topological polar surface area (TPSA) is 128 Å². The van der Waals surface area contributed by atoms with Gasteiger partial charge >= 0.3 is 21.1 Å². The smallest absolute Gasteiger partial charge is 0.676 e. The summed E-state index contributed by atoms with van der Waals surface area (Å²) >= 11 is 0. The van der Waals surface area contributed by atoms with Crippen LogP contribution in [0.2, 0.25) is 0 Å². The Bertz CT molecular complexity index is 191. The molecule has 0 saturated heterocycles. The number of carboxylic acid groups (broad SMARTS) is 2. The molecule has 0 heterocycles. The molecule has 1 fully saturated rings. The van der Waals surface area contributed by atoms with E-state index in [1.807, 2.05) is 0 Å². The average Bonchev–Trinajstić information content (AvgIpc) is 2.11. The van der Waals surface area contributed by atoms with Gasteiger partial charge in [-0.25, -0.2) is 0 Å². The van der Waals surface area contributed by atoms with Gasteiger partial charge in [-0.15, -0.1) is 0 Å². The molecule has 6 nitrogen and oxygen atoms in total. The molecule has 0 aromatic carbocycles. The second-order valence-corrected chi connectivity index (χ2v) is 3.07. The normalized spacial score (nSPS) is 24.1. The van der Waals surface area contributed by atoms with E-state index in [1.54, 1.807) is 0 Å². The minimum atomic E-state index is -2.19. The van der Waals surface area contributed by atoms with Crippen LogP contribution < -0.4 is 10.2 Å². The Balaban J connectivity index is 0. The molecule has 0 radical (unpaired) electrons. The van der Waals surface area contributed by atoms with Crippen LogP contribution in [0, 0.1) is 0 Å². The number of nitrogens with one attached hydrogen (secondary N) is 2. The zero-order valence-corrected chi connectivity index (χ0v) is 10.2. The first kappa shape index (κ1) is 17.0. The average molecular weight is 395 g/mol.